The van der Waals surface area contributed by atoms with Crippen LogP contribution >= 0.6 is 22.6 Å². The largest absolute Gasteiger partial charge is 0.459 e. The highest BCUT2D eigenvalue weighted by Gasteiger charge is 2.16. The Morgan fingerprint density at radius 3 is 2.58 bits per heavy atom. The second-order valence-corrected chi connectivity index (χ2v) is 7.00. The van der Waals surface area contributed by atoms with Gasteiger partial charge in [-0.1, -0.05) is 27.7 Å². The van der Waals surface area contributed by atoms with E-state index in [2.05, 4.69) is 73.8 Å². The predicted octanol–water partition coefficient (Wildman–Crippen LogP) is 4.91. The summed E-state index contributed by atoms with van der Waals surface area (Å²) in [6.07, 6.45) is 0. The highest BCUT2D eigenvalue weighted by molar-refractivity contribution is 14.1. The van der Waals surface area contributed by atoms with Crippen LogP contribution in [0.15, 0.2) is 22.6 Å². The van der Waals surface area contributed by atoms with E-state index in [-0.39, 0.29) is 0 Å². The quantitative estimate of drug-likeness (QED) is 0.756. The second kappa shape index (κ2) is 6.27. The van der Waals surface area contributed by atoms with Crippen LogP contribution in [-0.4, -0.2) is 6.54 Å². The summed E-state index contributed by atoms with van der Waals surface area (Å²) in [4.78, 5) is 0. The van der Waals surface area contributed by atoms with Crippen LogP contribution < -0.4 is 5.32 Å². The number of fused-ring (bicyclic) bond motifs is 1. The van der Waals surface area contributed by atoms with Crippen LogP contribution in [0.25, 0.3) is 11.0 Å². The first-order valence-corrected chi connectivity index (χ1v) is 7.98. The van der Waals surface area contributed by atoms with Gasteiger partial charge in [0.2, 0.25) is 0 Å². The minimum Gasteiger partial charge on any atom is -0.459 e. The lowest BCUT2D eigenvalue weighted by molar-refractivity contribution is 0.478. The number of rotatable bonds is 5. The van der Waals surface area contributed by atoms with Crippen LogP contribution in [0, 0.1) is 9.49 Å². The van der Waals surface area contributed by atoms with Crippen molar-refractivity contribution in [1.29, 1.82) is 0 Å². The molecule has 0 aliphatic carbocycles. The maximum atomic E-state index is 6.03. The fourth-order valence-corrected chi connectivity index (χ4v) is 2.87. The molecule has 0 saturated heterocycles. The summed E-state index contributed by atoms with van der Waals surface area (Å²) in [5.41, 5.74) is 2.36. The lowest BCUT2D eigenvalue weighted by Crippen LogP contribution is -2.19. The average Bonchev–Trinajstić information content (AvgIpc) is 2.65. The molecule has 0 aliphatic heterocycles. The van der Waals surface area contributed by atoms with E-state index < -0.39 is 0 Å². The molecule has 3 heteroatoms. The minimum atomic E-state index is 0.482. The number of furan rings is 1. The Hall–Kier alpha value is -0.550. The van der Waals surface area contributed by atoms with Crippen molar-refractivity contribution in [2.45, 2.75) is 40.2 Å². The van der Waals surface area contributed by atoms with Gasteiger partial charge in [-0.25, -0.2) is 0 Å². The summed E-state index contributed by atoms with van der Waals surface area (Å²) < 4.78 is 7.29. The third kappa shape index (κ3) is 3.51. The van der Waals surface area contributed by atoms with Crippen LogP contribution in [0.5, 0.6) is 0 Å². The van der Waals surface area contributed by atoms with Gasteiger partial charge in [-0.3, -0.25) is 0 Å². The van der Waals surface area contributed by atoms with Crippen molar-refractivity contribution >= 4 is 33.6 Å². The summed E-state index contributed by atoms with van der Waals surface area (Å²) >= 11 is 2.36. The molecule has 1 aromatic heterocycles. The molecule has 0 unspecified atom stereocenters. The van der Waals surface area contributed by atoms with Gasteiger partial charge in [0.15, 0.2) is 0 Å². The van der Waals surface area contributed by atoms with Crippen molar-refractivity contribution in [2.24, 2.45) is 5.92 Å². The van der Waals surface area contributed by atoms with Gasteiger partial charge < -0.3 is 9.73 Å². The molecule has 1 N–H and O–H groups in total. The number of hydrogen-bond acceptors (Lipinski definition) is 2. The Labute approximate surface area is 129 Å². The molecule has 2 nitrogen and oxygen atoms in total. The van der Waals surface area contributed by atoms with E-state index in [1.165, 1.54) is 14.5 Å². The van der Waals surface area contributed by atoms with E-state index in [4.69, 9.17) is 4.42 Å². The van der Waals surface area contributed by atoms with Crippen LogP contribution in [0.2, 0.25) is 0 Å². The Balaban J connectivity index is 2.34. The van der Waals surface area contributed by atoms with E-state index in [0.717, 1.165) is 24.4 Å². The molecule has 0 radical (unpaired) electrons. The third-order valence-corrected chi connectivity index (χ3v) is 3.85. The smallest absolute Gasteiger partial charge is 0.134 e. The predicted molar refractivity (Wildman–Crippen MR) is 89.6 cm³/mol. The number of nitrogens with one attached hydrogen (secondary N) is 1. The average molecular weight is 371 g/mol. The molecule has 2 aromatic rings. The Bertz CT molecular complexity index is 557. The highest BCUT2D eigenvalue weighted by Crippen LogP contribution is 2.32. The zero-order valence-corrected chi connectivity index (χ0v) is 14.2. The zero-order chi connectivity index (χ0) is 14.0. The standard InChI is InChI=1S/C16H22INO/c1-10(2)8-18-9-15-16(11(3)4)13-7-12(17)5-6-14(13)19-15/h5-7,10-11,18H,8-9H2,1-4H3. The van der Waals surface area contributed by atoms with Gasteiger partial charge in [-0.2, -0.15) is 0 Å². The molecule has 1 aromatic carbocycles. The van der Waals surface area contributed by atoms with Crippen LogP contribution in [0.1, 0.15) is 44.9 Å². The molecular formula is C16H22INO. The van der Waals surface area contributed by atoms with Crippen LogP contribution in [0.4, 0.5) is 0 Å². The highest BCUT2D eigenvalue weighted by atomic mass is 127. The lowest BCUT2D eigenvalue weighted by Gasteiger charge is -2.09. The van der Waals surface area contributed by atoms with Gasteiger partial charge in [0.05, 0.1) is 6.54 Å². The minimum absolute atomic E-state index is 0.482. The molecule has 0 bridgehead atoms. The normalized spacial score (nSPS) is 11.9. The first-order chi connectivity index (χ1) is 8.99. The van der Waals surface area contributed by atoms with Gasteiger partial charge >= 0.3 is 0 Å². The fraction of sp³-hybridized carbons (Fsp3) is 0.500. The molecule has 1 heterocycles. The van der Waals surface area contributed by atoms with Gasteiger partial charge in [-0.05, 0) is 59.2 Å². The summed E-state index contributed by atoms with van der Waals surface area (Å²) in [6.45, 7) is 10.7. The SMILES string of the molecule is CC(C)CNCc1oc2ccc(I)cc2c1C(C)C. The first-order valence-electron chi connectivity index (χ1n) is 6.90. The van der Waals surface area contributed by atoms with Crippen molar-refractivity contribution in [3.63, 3.8) is 0 Å². The Kier molecular flexibility index (Phi) is 4.90. The third-order valence-electron chi connectivity index (χ3n) is 3.18. The number of benzene rings is 1. The summed E-state index contributed by atoms with van der Waals surface area (Å²) in [6, 6.07) is 6.40. The van der Waals surface area contributed by atoms with Crippen molar-refractivity contribution in [2.75, 3.05) is 6.54 Å². The van der Waals surface area contributed by atoms with E-state index >= 15 is 0 Å². The molecule has 19 heavy (non-hydrogen) atoms. The summed E-state index contributed by atoms with van der Waals surface area (Å²) in [7, 11) is 0. The van der Waals surface area contributed by atoms with Gasteiger partial charge in [0.25, 0.3) is 0 Å². The molecule has 0 atom stereocenters. The zero-order valence-electron chi connectivity index (χ0n) is 12.1. The molecule has 0 amide bonds. The number of hydrogen-bond donors (Lipinski definition) is 1. The molecule has 2 rings (SSSR count). The molecule has 0 aliphatic rings. The second-order valence-electron chi connectivity index (χ2n) is 5.76. The Morgan fingerprint density at radius 1 is 1.21 bits per heavy atom. The monoisotopic (exact) mass is 371 g/mol. The van der Waals surface area contributed by atoms with Crippen molar-refractivity contribution in [3.8, 4) is 0 Å². The van der Waals surface area contributed by atoms with Gasteiger partial charge in [-0.15, -0.1) is 0 Å². The van der Waals surface area contributed by atoms with Crippen LogP contribution in [0.3, 0.4) is 0 Å². The van der Waals surface area contributed by atoms with Crippen molar-refractivity contribution < 1.29 is 4.42 Å². The molecule has 0 saturated carbocycles. The van der Waals surface area contributed by atoms with Gasteiger partial charge in [0, 0.05) is 14.5 Å². The molecular weight excluding hydrogens is 349 g/mol. The molecule has 0 fully saturated rings. The number of halogens is 1. The van der Waals surface area contributed by atoms with E-state index in [1.54, 1.807) is 0 Å². The van der Waals surface area contributed by atoms with Crippen LogP contribution in [-0.2, 0) is 6.54 Å². The van der Waals surface area contributed by atoms with E-state index in [1.807, 2.05) is 0 Å². The van der Waals surface area contributed by atoms with E-state index in [0.29, 0.717) is 11.8 Å². The van der Waals surface area contributed by atoms with E-state index in [9.17, 15) is 0 Å². The lowest BCUT2D eigenvalue weighted by atomic mass is 9.99. The van der Waals surface area contributed by atoms with Crippen molar-refractivity contribution in [1.82, 2.24) is 5.32 Å². The first kappa shape index (κ1) is 14.9. The topological polar surface area (TPSA) is 25.2 Å². The van der Waals surface area contributed by atoms with Crippen molar-refractivity contribution in [3.05, 3.63) is 33.1 Å². The summed E-state index contributed by atoms with van der Waals surface area (Å²) in [5, 5.41) is 4.74. The fourth-order valence-electron chi connectivity index (χ4n) is 2.38. The maximum absolute atomic E-state index is 6.03. The van der Waals surface area contributed by atoms with Gasteiger partial charge in [0.1, 0.15) is 11.3 Å². The summed E-state index contributed by atoms with van der Waals surface area (Å²) in [5.74, 6) is 2.23. The Morgan fingerprint density at radius 2 is 1.95 bits per heavy atom. The maximum Gasteiger partial charge on any atom is 0.134 e. The molecule has 104 valence electrons. The molecule has 0 spiro atoms.